The first-order valence-corrected chi connectivity index (χ1v) is 11.8. The van der Waals surface area contributed by atoms with Crippen LogP contribution in [0.2, 0.25) is 0 Å². The maximum absolute atomic E-state index is 13.2. The molecule has 0 radical (unpaired) electrons. The highest BCUT2D eigenvalue weighted by molar-refractivity contribution is 7.90. The molecule has 156 valence electrons. The molecule has 0 aliphatic heterocycles. The quantitative estimate of drug-likeness (QED) is 0.508. The first-order chi connectivity index (χ1) is 14.4. The van der Waals surface area contributed by atoms with Crippen molar-refractivity contribution in [2.24, 2.45) is 0 Å². The van der Waals surface area contributed by atoms with Gasteiger partial charge in [-0.1, -0.05) is 67.6 Å². The molecule has 0 N–H and O–H groups in total. The van der Waals surface area contributed by atoms with Gasteiger partial charge in [-0.2, -0.15) is 0 Å². The maximum atomic E-state index is 13.2. The topological polar surface area (TPSA) is 54.5 Å². The highest BCUT2D eigenvalue weighted by Crippen LogP contribution is 2.19. The van der Waals surface area contributed by atoms with Gasteiger partial charge in [0.2, 0.25) is 0 Å². The monoisotopic (exact) mass is 421 g/mol. The Bertz CT molecular complexity index is 1060. The SMILES string of the molecule is CCC(C)N(Cc1ccccc1)C(=O)c1ccc(CS(=O)(=O)c2ccccc2)cc1. The molecule has 0 fully saturated rings. The van der Waals surface area contributed by atoms with Gasteiger partial charge in [0.25, 0.3) is 5.91 Å². The molecule has 30 heavy (non-hydrogen) atoms. The summed E-state index contributed by atoms with van der Waals surface area (Å²) in [5.74, 6) is -0.143. The molecule has 4 nitrogen and oxygen atoms in total. The molecule has 3 aromatic rings. The number of hydrogen-bond donors (Lipinski definition) is 0. The summed E-state index contributed by atoms with van der Waals surface area (Å²) < 4.78 is 25.2. The van der Waals surface area contributed by atoms with Crippen molar-refractivity contribution < 1.29 is 13.2 Å². The summed E-state index contributed by atoms with van der Waals surface area (Å²) in [6.07, 6.45) is 0.853. The summed E-state index contributed by atoms with van der Waals surface area (Å²) in [7, 11) is -3.42. The first-order valence-electron chi connectivity index (χ1n) is 10.1. The van der Waals surface area contributed by atoms with Crippen molar-refractivity contribution in [1.82, 2.24) is 4.90 Å². The van der Waals surface area contributed by atoms with Crippen molar-refractivity contribution in [1.29, 1.82) is 0 Å². The molecule has 0 bridgehead atoms. The summed E-state index contributed by atoms with van der Waals surface area (Å²) in [6, 6.07) is 25.3. The van der Waals surface area contributed by atoms with Crippen LogP contribution in [-0.4, -0.2) is 25.3 Å². The van der Waals surface area contributed by atoms with Crippen LogP contribution >= 0.6 is 0 Å². The van der Waals surface area contributed by atoms with E-state index in [0.29, 0.717) is 22.6 Å². The molecule has 0 saturated carbocycles. The van der Waals surface area contributed by atoms with Crippen molar-refractivity contribution in [2.75, 3.05) is 0 Å². The molecule has 1 unspecified atom stereocenters. The van der Waals surface area contributed by atoms with Crippen LogP contribution in [0.5, 0.6) is 0 Å². The Hall–Kier alpha value is -2.92. The lowest BCUT2D eigenvalue weighted by Gasteiger charge is -2.29. The van der Waals surface area contributed by atoms with E-state index in [4.69, 9.17) is 0 Å². The number of hydrogen-bond acceptors (Lipinski definition) is 3. The summed E-state index contributed by atoms with van der Waals surface area (Å²) in [5.41, 5.74) is 2.30. The highest BCUT2D eigenvalue weighted by atomic mass is 32.2. The van der Waals surface area contributed by atoms with Crippen LogP contribution < -0.4 is 0 Å². The third-order valence-electron chi connectivity index (χ3n) is 5.24. The van der Waals surface area contributed by atoms with Gasteiger partial charge < -0.3 is 4.90 Å². The number of carbonyl (C=O) groups is 1. The highest BCUT2D eigenvalue weighted by Gasteiger charge is 2.21. The van der Waals surface area contributed by atoms with E-state index in [0.717, 1.165) is 12.0 Å². The van der Waals surface area contributed by atoms with Crippen LogP contribution in [0.1, 0.15) is 41.8 Å². The summed E-state index contributed by atoms with van der Waals surface area (Å²) in [6.45, 7) is 4.65. The molecular formula is C25H27NO3S. The van der Waals surface area contributed by atoms with Crippen molar-refractivity contribution in [2.45, 2.75) is 43.5 Å². The predicted molar refractivity (Wildman–Crippen MR) is 120 cm³/mol. The van der Waals surface area contributed by atoms with Gasteiger partial charge in [0, 0.05) is 18.2 Å². The lowest BCUT2D eigenvalue weighted by molar-refractivity contribution is 0.0671. The van der Waals surface area contributed by atoms with Crippen molar-refractivity contribution in [3.63, 3.8) is 0 Å². The average Bonchev–Trinajstić information content (AvgIpc) is 2.78. The second-order valence-corrected chi connectivity index (χ2v) is 9.43. The smallest absolute Gasteiger partial charge is 0.254 e. The minimum absolute atomic E-state index is 0.0503. The lowest BCUT2D eigenvalue weighted by atomic mass is 10.1. The molecule has 0 aliphatic carbocycles. The molecule has 1 amide bonds. The van der Waals surface area contributed by atoms with Gasteiger partial charge >= 0.3 is 0 Å². The van der Waals surface area contributed by atoms with Gasteiger partial charge in [0.15, 0.2) is 9.84 Å². The Kier molecular flexibility index (Phi) is 7.06. The second-order valence-electron chi connectivity index (χ2n) is 7.44. The fourth-order valence-electron chi connectivity index (χ4n) is 3.27. The van der Waals surface area contributed by atoms with Gasteiger partial charge in [-0.05, 0) is 48.7 Å². The van der Waals surface area contributed by atoms with Crippen LogP contribution in [0.25, 0.3) is 0 Å². The molecule has 3 aromatic carbocycles. The van der Waals surface area contributed by atoms with E-state index in [9.17, 15) is 13.2 Å². The number of rotatable bonds is 8. The molecule has 5 heteroatoms. The fourth-order valence-corrected chi connectivity index (χ4v) is 4.64. The maximum Gasteiger partial charge on any atom is 0.254 e. The standard InChI is InChI=1S/C25H27NO3S/c1-3-20(2)26(18-21-10-6-4-7-11-21)25(27)23-16-14-22(15-17-23)19-30(28,29)24-12-8-5-9-13-24/h4-17,20H,3,18-19H2,1-2H3. The molecule has 0 heterocycles. The number of nitrogens with zero attached hydrogens (tertiary/aromatic N) is 1. The predicted octanol–water partition coefficient (Wildman–Crippen LogP) is 5.10. The molecule has 0 aromatic heterocycles. The van der Waals surface area contributed by atoms with Crippen LogP contribution in [0.4, 0.5) is 0 Å². The van der Waals surface area contributed by atoms with E-state index < -0.39 is 9.84 Å². The number of amides is 1. The largest absolute Gasteiger partial charge is 0.332 e. The third-order valence-corrected chi connectivity index (χ3v) is 6.94. The van der Waals surface area contributed by atoms with E-state index in [-0.39, 0.29) is 17.7 Å². The Morgan fingerprint density at radius 3 is 1.97 bits per heavy atom. The van der Waals surface area contributed by atoms with E-state index in [2.05, 4.69) is 6.92 Å². The molecule has 0 aliphatic rings. The Balaban J connectivity index is 1.77. The van der Waals surface area contributed by atoms with Crippen molar-refractivity contribution in [3.8, 4) is 0 Å². The Labute approximate surface area is 179 Å². The normalized spacial score (nSPS) is 12.3. The van der Waals surface area contributed by atoms with Crippen LogP contribution in [0.3, 0.4) is 0 Å². The van der Waals surface area contributed by atoms with E-state index in [1.807, 2.05) is 42.2 Å². The van der Waals surface area contributed by atoms with Gasteiger partial charge in [-0.3, -0.25) is 4.79 Å². The fraction of sp³-hybridized carbons (Fsp3) is 0.240. The van der Waals surface area contributed by atoms with Gasteiger partial charge in [-0.25, -0.2) is 8.42 Å². The minimum atomic E-state index is -3.42. The first kappa shape index (κ1) is 21.8. The third kappa shape index (κ3) is 5.36. The van der Waals surface area contributed by atoms with Gasteiger partial charge in [-0.15, -0.1) is 0 Å². The Morgan fingerprint density at radius 2 is 1.40 bits per heavy atom. The van der Waals surface area contributed by atoms with Crippen molar-refractivity contribution >= 4 is 15.7 Å². The summed E-state index contributed by atoms with van der Waals surface area (Å²) in [4.78, 5) is 15.3. The molecule has 1 atom stereocenters. The Morgan fingerprint density at radius 1 is 0.833 bits per heavy atom. The molecular weight excluding hydrogens is 394 g/mol. The van der Waals surface area contributed by atoms with E-state index >= 15 is 0 Å². The zero-order chi connectivity index (χ0) is 21.6. The molecule has 0 saturated heterocycles. The lowest BCUT2D eigenvalue weighted by Crippen LogP contribution is -2.37. The van der Waals surface area contributed by atoms with Crippen LogP contribution in [-0.2, 0) is 22.1 Å². The summed E-state index contributed by atoms with van der Waals surface area (Å²) >= 11 is 0. The molecule has 3 rings (SSSR count). The van der Waals surface area contributed by atoms with Crippen LogP contribution in [0, 0.1) is 0 Å². The van der Waals surface area contributed by atoms with Crippen molar-refractivity contribution in [3.05, 3.63) is 102 Å². The number of sulfone groups is 1. The zero-order valence-electron chi connectivity index (χ0n) is 17.4. The number of carbonyl (C=O) groups excluding carboxylic acids is 1. The minimum Gasteiger partial charge on any atom is -0.332 e. The van der Waals surface area contributed by atoms with E-state index in [1.54, 1.807) is 54.6 Å². The zero-order valence-corrected chi connectivity index (χ0v) is 18.2. The average molecular weight is 422 g/mol. The number of benzene rings is 3. The summed E-state index contributed by atoms with van der Waals surface area (Å²) in [5, 5.41) is 0. The van der Waals surface area contributed by atoms with E-state index in [1.165, 1.54) is 0 Å². The van der Waals surface area contributed by atoms with Gasteiger partial charge in [0.05, 0.1) is 10.6 Å². The molecule has 0 spiro atoms. The second kappa shape index (κ2) is 9.72. The van der Waals surface area contributed by atoms with Crippen LogP contribution in [0.15, 0.2) is 89.8 Å². The van der Waals surface area contributed by atoms with Gasteiger partial charge in [0.1, 0.15) is 0 Å².